The first-order valence-electron chi connectivity index (χ1n) is 11.2. The molecule has 33 heavy (non-hydrogen) atoms. The number of ether oxygens (including phenoxy) is 2. The number of benzene rings is 2. The third kappa shape index (κ3) is 4.79. The molecule has 1 saturated heterocycles. The monoisotopic (exact) mass is 461 g/mol. The summed E-state index contributed by atoms with van der Waals surface area (Å²) < 4.78 is 13.4. The molecular formula is C26H27N3O3S. The van der Waals surface area contributed by atoms with E-state index in [-0.39, 0.29) is 12.0 Å². The lowest BCUT2D eigenvalue weighted by molar-refractivity contribution is -0.132. The van der Waals surface area contributed by atoms with Gasteiger partial charge in [-0.2, -0.15) is 0 Å². The average Bonchev–Trinajstić information content (AvgIpc) is 3.59. The van der Waals surface area contributed by atoms with Gasteiger partial charge in [0.15, 0.2) is 4.96 Å². The van der Waals surface area contributed by atoms with Crippen molar-refractivity contribution in [2.45, 2.75) is 31.9 Å². The summed E-state index contributed by atoms with van der Waals surface area (Å²) in [5.74, 6) is 0.869. The van der Waals surface area contributed by atoms with Gasteiger partial charge in [0, 0.05) is 48.1 Å². The summed E-state index contributed by atoms with van der Waals surface area (Å²) in [5.41, 5.74) is 3.94. The van der Waals surface area contributed by atoms with Crippen molar-refractivity contribution in [2.24, 2.45) is 0 Å². The predicted octanol–water partition coefficient (Wildman–Crippen LogP) is 4.82. The Balaban J connectivity index is 1.38. The molecule has 7 heteroatoms. The van der Waals surface area contributed by atoms with E-state index >= 15 is 0 Å². The first kappa shape index (κ1) is 21.7. The highest BCUT2D eigenvalue weighted by Gasteiger charge is 2.24. The second-order valence-electron chi connectivity index (χ2n) is 8.27. The molecule has 0 N–H and O–H groups in total. The largest absolute Gasteiger partial charge is 0.496 e. The van der Waals surface area contributed by atoms with E-state index in [2.05, 4.69) is 0 Å². The molecule has 0 spiro atoms. The molecule has 1 aliphatic rings. The van der Waals surface area contributed by atoms with E-state index in [4.69, 9.17) is 14.5 Å². The number of rotatable bonds is 8. The van der Waals surface area contributed by atoms with Crippen LogP contribution < -0.4 is 4.74 Å². The van der Waals surface area contributed by atoms with Crippen LogP contribution in [0.1, 0.15) is 24.1 Å². The highest BCUT2D eigenvalue weighted by Crippen LogP contribution is 2.25. The fourth-order valence-corrected chi connectivity index (χ4v) is 5.17. The van der Waals surface area contributed by atoms with E-state index in [1.165, 1.54) is 0 Å². The van der Waals surface area contributed by atoms with E-state index in [0.29, 0.717) is 19.5 Å². The predicted molar refractivity (Wildman–Crippen MR) is 130 cm³/mol. The summed E-state index contributed by atoms with van der Waals surface area (Å²) in [5, 5.41) is 2.03. The number of fused-ring (bicyclic) bond motifs is 1. The number of carbonyl (C=O) groups is 1. The molecule has 0 bridgehead atoms. The Hall–Kier alpha value is -3.16. The first-order valence-corrected chi connectivity index (χ1v) is 12.1. The molecule has 0 saturated carbocycles. The summed E-state index contributed by atoms with van der Waals surface area (Å²) in [6.07, 6.45) is 4.45. The molecule has 1 aliphatic heterocycles. The number of hydrogen-bond acceptors (Lipinski definition) is 5. The Labute approximate surface area is 197 Å². The fraction of sp³-hybridized carbons (Fsp3) is 0.308. The molecule has 2 aromatic heterocycles. The van der Waals surface area contributed by atoms with Gasteiger partial charge in [0.25, 0.3) is 0 Å². The van der Waals surface area contributed by atoms with Gasteiger partial charge in [0.2, 0.25) is 5.91 Å². The second kappa shape index (κ2) is 9.77. The zero-order chi connectivity index (χ0) is 22.6. The van der Waals surface area contributed by atoms with Gasteiger partial charge in [-0.1, -0.05) is 48.5 Å². The van der Waals surface area contributed by atoms with Crippen LogP contribution in [-0.4, -0.2) is 46.6 Å². The molecule has 1 atom stereocenters. The number of carbonyl (C=O) groups excluding carboxylic acids is 1. The maximum Gasteiger partial charge on any atom is 0.228 e. The lowest BCUT2D eigenvalue weighted by atomic mass is 10.1. The number of nitrogens with zero attached hydrogens (tertiary/aromatic N) is 3. The minimum absolute atomic E-state index is 0.0751. The van der Waals surface area contributed by atoms with Crippen molar-refractivity contribution in [3.63, 3.8) is 0 Å². The summed E-state index contributed by atoms with van der Waals surface area (Å²) >= 11 is 1.56. The number of imidazole rings is 1. The normalized spacial score (nSPS) is 15.7. The van der Waals surface area contributed by atoms with Crippen LogP contribution in [0.25, 0.3) is 16.2 Å². The fourth-order valence-electron chi connectivity index (χ4n) is 4.30. The van der Waals surface area contributed by atoms with Crippen molar-refractivity contribution < 1.29 is 14.3 Å². The highest BCUT2D eigenvalue weighted by atomic mass is 32.1. The SMILES string of the molecule is COc1ccccc1CN(CC1CCCO1)C(=O)Cc1csc2nc(-c3ccccc3)cn12. The van der Waals surface area contributed by atoms with Crippen molar-refractivity contribution in [3.05, 3.63) is 77.4 Å². The quantitative estimate of drug-likeness (QED) is 0.377. The number of aromatic nitrogens is 2. The van der Waals surface area contributed by atoms with E-state index in [9.17, 15) is 4.79 Å². The van der Waals surface area contributed by atoms with Gasteiger partial charge < -0.3 is 14.4 Å². The number of methoxy groups -OCH3 is 1. The summed E-state index contributed by atoms with van der Waals surface area (Å²) in [7, 11) is 1.66. The molecular weight excluding hydrogens is 434 g/mol. The van der Waals surface area contributed by atoms with Crippen LogP contribution in [0.3, 0.4) is 0 Å². The molecule has 4 aromatic rings. The standard InChI is InChI=1S/C26H27N3O3S/c1-31-24-12-6-5-10-20(24)15-28(16-22-11-7-13-32-22)25(30)14-21-18-33-26-27-23(17-29(21)26)19-8-3-2-4-9-19/h2-6,8-10,12,17-18,22H,7,11,13-16H2,1H3. The average molecular weight is 462 g/mol. The Morgan fingerprint density at radius 2 is 2.03 bits per heavy atom. The zero-order valence-electron chi connectivity index (χ0n) is 18.6. The third-order valence-corrected chi connectivity index (χ3v) is 6.93. The molecule has 0 radical (unpaired) electrons. The van der Waals surface area contributed by atoms with Crippen molar-refractivity contribution in [1.82, 2.24) is 14.3 Å². The minimum atomic E-state index is 0.0751. The molecule has 1 amide bonds. The van der Waals surface area contributed by atoms with Crippen molar-refractivity contribution in [1.29, 1.82) is 0 Å². The first-order chi connectivity index (χ1) is 16.2. The van der Waals surface area contributed by atoms with Crippen LogP contribution in [0, 0.1) is 0 Å². The number of amides is 1. The van der Waals surface area contributed by atoms with E-state index in [0.717, 1.165) is 52.7 Å². The van der Waals surface area contributed by atoms with Gasteiger partial charge in [-0.05, 0) is 18.9 Å². The molecule has 170 valence electrons. The Bertz CT molecular complexity index is 1230. The number of thiazole rings is 1. The lowest BCUT2D eigenvalue weighted by Gasteiger charge is -2.26. The van der Waals surface area contributed by atoms with Crippen LogP contribution in [0.5, 0.6) is 5.75 Å². The molecule has 3 heterocycles. The maximum atomic E-state index is 13.5. The van der Waals surface area contributed by atoms with Gasteiger partial charge >= 0.3 is 0 Å². The van der Waals surface area contributed by atoms with Crippen LogP contribution in [0.4, 0.5) is 0 Å². The van der Waals surface area contributed by atoms with Crippen LogP contribution in [0.15, 0.2) is 66.2 Å². The van der Waals surface area contributed by atoms with E-state index in [1.807, 2.05) is 75.5 Å². The lowest BCUT2D eigenvalue weighted by Crippen LogP contribution is -2.38. The molecule has 6 nitrogen and oxygen atoms in total. The second-order valence-corrected chi connectivity index (χ2v) is 9.11. The molecule has 0 aliphatic carbocycles. The summed E-state index contributed by atoms with van der Waals surface area (Å²) in [4.78, 5) is 21.1. The molecule has 2 aromatic carbocycles. The van der Waals surface area contributed by atoms with Gasteiger partial charge in [0.1, 0.15) is 5.75 Å². The van der Waals surface area contributed by atoms with Crippen LogP contribution in [-0.2, 0) is 22.5 Å². The molecule has 5 rings (SSSR count). The van der Waals surface area contributed by atoms with Crippen LogP contribution in [0.2, 0.25) is 0 Å². The van der Waals surface area contributed by atoms with Gasteiger partial charge in [0.05, 0.1) is 25.3 Å². The van der Waals surface area contributed by atoms with Crippen molar-refractivity contribution in [2.75, 3.05) is 20.3 Å². The molecule has 1 unspecified atom stereocenters. The summed E-state index contributed by atoms with van der Waals surface area (Å²) in [6.45, 7) is 1.85. The van der Waals surface area contributed by atoms with Gasteiger partial charge in [-0.3, -0.25) is 9.20 Å². The number of para-hydroxylation sites is 1. The zero-order valence-corrected chi connectivity index (χ0v) is 19.5. The van der Waals surface area contributed by atoms with E-state index < -0.39 is 0 Å². The van der Waals surface area contributed by atoms with Crippen LogP contribution >= 0.6 is 11.3 Å². The number of hydrogen-bond donors (Lipinski definition) is 0. The van der Waals surface area contributed by atoms with Gasteiger partial charge in [-0.25, -0.2) is 4.98 Å². The van der Waals surface area contributed by atoms with E-state index in [1.54, 1.807) is 18.4 Å². The Kier molecular flexibility index (Phi) is 6.41. The minimum Gasteiger partial charge on any atom is -0.496 e. The topological polar surface area (TPSA) is 56.1 Å². The summed E-state index contributed by atoms with van der Waals surface area (Å²) in [6, 6.07) is 18.0. The Morgan fingerprint density at radius 1 is 1.21 bits per heavy atom. The van der Waals surface area contributed by atoms with Crippen molar-refractivity contribution in [3.8, 4) is 17.0 Å². The Morgan fingerprint density at radius 3 is 2.82 bits per heavy atom. The smallest absolute Gasteiger partial charge is 0.228 e. The maximum absolute atomic E-state index is 13.5. The third-order valence-electron chi connectivity index (χ3n) is 6.04. The van der Waals surface area contributed by atoms with Gasteiger partial charge in [-0.15, -0.1) is 11.3 Å². The molecule has 1 fully saturated rings. The highest BCUT2D eigenvalue weighted by molar-refractivity contribution is 7.15. The van der Waals surface area contributed by atoms with Crippen molar-refractivity contribution >= 4 is 22.2 Å².